The first kappa shape index (κ1) is 19.5. The standard InChI is InChI=1S/C22H21F2N3O/c23-18-5-1-16(2-6-18)9-12-25-20-11-14-26-21(15-20)22(28)27-13-10-17-3-7-19(24)8-4-17/h1-8,11,14-15H,9-10,12-13H2,(H,25,26)(H,27,28). The van der Waals surface area contributed by atoms with Crippen molar-refractivity contribution < 1.29 is 13.6 Å². The van der Waals surface area contributed by atoms with Crippen molar-refractivity contribution in [2.45, 2.75) is 12.8 Å². The quantitative estimate of drug-likeness (QED) is 0.620. The number of pyridine rings is 1. The van der Waals surface area contributed by atoms with E-state index in [0.717, 1.165) is 23.2 Å². The molecule has 1 heterocycles. The molecule has 2 N–H and O–H groups in total. The summed E-state index contributed by atoms with van der Waals surface area (Å²) in [7, 11) is 0. The number of benzene rings is 2. The SMILES string of the molecule is O=C(NCCc1ccc(F)cc1)c1cc(NCCc2ccc(F)cc2)ccn1. The smallest absolute Gasteiger partial charge is 0.269 e. The fraction of sp³-hybridized carbons (Fsp3) is 0.182. The maximum absolute atomic E-state index is 12.9. The third kappa shape index (κ3) is 5.87. The summed E-state index contributed by atoms with van der Waals surface area (Å²) in [6, 6.07) is 16.1. The van der Waals surface area contributed by atoms with E-state index < -0.39 is 0 Å². The van der Waals surface area contributed by atoms with E-state index in [1.54, 1.807) is 42.6 Å². The molecule has 4 nitrogen and oxygen atoms in total. The van der Waals surface area contributed by atoms with Gasteiger partial charge in [-0.15, -0.1) is 0 Å². The number of aromatic nitrogens is 1. The van der Waals surface area contributed by atoms with Crippen LogP contribution in [0.4, 0.5) is 14.5 Å². The zero-order valence-corrected chi connectivity index (χ0v) is 15.3. The van der Waals surface area contributed by atoms with Crippen LogP contribution in [0.5, 0.6) is 0 Å². The molecule has 6 heteroatoms. The Labute approximate surface area is 162 Å². The molecule has 2 aromatic carbocycles. The van der Waals surface area contributed by atoms with Crippen LogP contribution in [0.3, 0.4) is 0 Å². The van der Waals surface area contributed by atoms with Crippen LogP contribution in [-0.2, 0) is 12.8 Å². The van der Waals surface area contributed by atoms with Crippen LogP contribution < -0.4 is 10.6 Å². The van der Waals surface area contributed by atoms with Crippen LogP contribution in [0.1, 0.15) is 21.6 Å². The lowest BCUT2D eigenvalue weighted by atomic mass is 10.1. The Bertz CT molecular complexity index is 912. The predicted molar refractivity (Wildman–Crippen MR) is 105 cm³/mol. The molecule has 0 aliphatic rings. The van der Waals surface area contributed by atoms with Crippen LogP contribution >= 0.6 is 0 Å². The first-order chi connectivity index (χ1) is 13.6. The average molecular weight is 381 g/mol. The number of hydrogen-bond acceptors (Lipinski definition) is 3. The number of halogens is 2. The van der Waals surface area contributed by atoms with Gasteiger partial charge in [0.1, 0.15) is 17.3 Å². The molecule has 0 aliphatic carbocycles. The van der Waals surface area contributed by atoms with Gasteiger partial charge >= 0.3 is 0 Å². The first-order valence-corrected chi connectivity index (χ1v) is 9.07. The normalized spacial score (nSPS) is 10.5. The fourth-order valence-electron chi connectivity index (χ4n) is 2.73. The van der Waals surface area contributed by atoms with Gasteiger partial charge in [-0.05, 0) is 60.4 Å². The van der Waals surface area contributed by atoms with E-state index >= 15 is 0 Å². The number of anilines is 1. The number of carbonyl (C=O) groups is 1. The summed E-state index contributed by atoms with van der Waals surface area (Å²) < 4.78 is 25.8. The highest BCUT2D eigenvalue weighted by atomic mass is 19.1. The number of hydrogen-bond donors (Lipinski definition) is 2. The molecule has 1 amide bonds. The molecule has 0 atom stereocenters. The van der Waals surface area contributed by atoms with Gasteiger partial charge in [0.05, 0.1) is 0 Å². The summed E-state index contributed by atoms with van der Waals surface area (Å²) in [6.07, 6.45) is 2.93. The highest BCUT2D eigenvalue weighted by Gasteiger charge is 2.07. The monoisotopic (exact) mass is 381 g/mol. The van der Waals surface area contributed by atoms with Crippen molar-refractivity contribution in [1.82, 2.24) is 10.3 Å². The molecule has 0 fully saturated rings. The van der Waals surface area contributed by atoms with Gasteiger partial charge in [-0.1, -0.05) is 24.3 Å². The van der Waals surface area contributed by atoms with Gasteiger partial charge < -0.3 is 10.6 Å². The predicted octanol–water partition coefficient (Wildman–Crippen LogP) is 3.99. The van der Waals surface area contributed by atoms with Crippen molar-refractivity contribution in [2.24, 2.45) is 0 Å². The van der Waals surface area contributed by atoms with E-state index in [1.807, 2.05) is 0 Å². The average Bonchev–Trinajstić information content (AvgIpc) is 2.71. The Morgan fingerprint density at radius 1 is 0.821 bits per heavy atom. The highest BCUT2D eigenvalue weighted by Crippen LogP contribution is 2.10. The molecular weight excluding hydrogens is 360 g/mol. The van der Waals surface area contributed by atoms with Crippen molar-refractivity contribution in [2.75, 3.05) is 18.4 Å². The molecule has 144 valence electrons. The van der Waals surface area contributed by atoms with Crippen molar-refractivity contribution in [3.05, 3.63) is 95.3 Å². The largest absolute Gasteiger partial charge is 0.385 e. The summed E-state index contributed by atoms with van der Waals surface area (Å²) in [4.78, 5) is 16.4. The van der Waals surface area contributed by atoms with E-state index in [9.17, 15) is 13.6 Å². The van der Waals surface area contributed by atoms with Crippen molar-refractivity contribution in [1.29, 1.82) is 0 Å². The van der Waals surface area contributed by atoms with E-state index in [1.165, 1.54) is 24.3 Å². The minimum absolute atomic E-state index is 0.249. The summed E-state index contributed by atoms with van der Waals surface area (Å²) >= 11 is 0. The lowest BCUT2D eigenvalue weighted by molar-refractivity contribution is 0.0949. The maximum Gasteiger partial charge on any atom is 0.269 e. The van der Waals surface area contributed by atoms with Crippen LogP contribution in [0.25, 0.3) is 0 Å². The Morgan fingerprint density at radius 3 is 2.00 bits per heavy atom. The van der Waals surface area contributed by atoms with E-state index in [2.05, 4.69) is 15.6 Å². The van der Waals surface area contributed by atoms with Gasteiger partial charge in [0.25, 0.3) is 5.91 Å². The van der Waals surface area contributed by atoms with Gasteiger partial charge in [0, 0.05) is 25.0 Å². The molecule has 1 aromatic heterocycles. The minimum Gasteiger partial charge on any atom is -0.385 e. The third-order valence-corrected chi connectivity index (χ3v) is 4.26. The molecule has 0 radical (unpaired) electrons. The zero-order chi connectivity index (χ0) is 19.8. The highest BCUT2D eigenvalue weighted by molar-refractivity contribution is 5.93. The summed E-state index contributed by atoms with van der Waals surface area (Å²) in [5, 5.41) is 6.06. The molecule has 0 aliphatic heterocycles. The van der Waals surface area contributed by atoms with Gasteiger partial charge in [-0.3, -0.25) is 9.78 Å². The number of rotatable bonds is 8. The van der Waals surface area contributed by atoms with Crippen molar-refractivity contribution in [3.63, 3.8) is 0 Å². The molecule has 28 heavy (non-hydrogen) atoms. The molecule has 0 saturated heterocycles. The third-order valence-electron chi connectivity index (χ3n) is 4.26. The molecular formula is C22H21F2N3O. The molecule has 3 rings (SSSR count). The van der Waals surface area contributed by atoms with Crippen LogP contribution in [0.2, 0.25) is 0 Å². The lowest BCUT2D eigenvalue weighted by Crippen LogP contribution is -2.26. The molecule has 0 bridgehead atoms. The van der Waals surface area contributed by atoms with Gasteiger partial charge in [0.15, 0.2) is 0 Å². The lowest BCUT2D eigenvalue weighted by Gasteiger charge is -2.09. The first-order valence-electron chi connectivity index (χ1n) is 9.07. The van der Waals surface area contributed by atoms with Gasteiger partial charge in [-0.2, -0.15) is 0 Å². The Balaban J connectivity index is 1.46. The van der Waals surface area contributed by atoms with E-state index in [-0.39, 0.29) is 17.5 Å². The fourth-order valence-corrected chi connectivity index (χ4v) is 2.73. The Morgan fingerprint density at radius 2 is 1.39 bits per heavy atom. The zero-order valence-electron chi connectivity index (χ0n) is 15.3. The molecule has 3 aromatic rings. The number of amides is 1. The summed E-state index contributed by atoms with van der Waals surface area (Å²) in [5.74, 6) is -0.786. The number of nitrogens with one attached hydrogen (secondary N) is 2. The van der Waals surface area contributed by atoms with Crippen LogP contribution in [-0.4, -0.2) is 24.0 Å². The number of nitrogens with zero attached hydrogens (tertiary/aromatic N) is 1. The number of carbonyl (C=O) groups excluding carboxylic acids is 1. The van der Waals surface area contributed by atoms with E-state index in [0.29, 0.717) is 25.2 Å². The molecule has 0 unspecified atom stereocenters. The Kier molecular flexibility index (Phi) is 6.68. The second-order valence-corrected chi connectivity index (χ2v) is 6.37. The van der Waals surface area contributed by atoms with E-state index in [4.69, 9.17) is 0 Å². The second kappa shape index (κ2) is 9.60. The molecule has 0 saturated carbocycles. The minimum atomic E-state index is -0.277. The maximum atomic E-state index is 12.9. The Hall–Kier alpha value is -3.28. The van der Waals surface area contributed by atoms with Gasteiger partial charge in [0.2, 0.25) is 0 Å². The van der Waals surface area contributed by atoms with Crippen LogP contribution in [0, 0.1) is 11.6 Å². The second-order valence-electron chi connectivity index (χ2n) is 6.37. The van der Waals surface area contributed by atoms with Crippen molar-refractivity contribution >= 4 is 11.6 Å². The van der Waals surface area contributed by atoms with Crippen LogP contribution in [0.15, 0.2) is 66.9 Å². The van der Waals surface area contributed by atoms with Gasteiger partial charge in [-0.25, -0.2) is 8.78 Å². The topological polar surface area (TPSA) is 54.0 Å². The van der Waals surface area contributed by atoms with Crippen molar-refractivity contribution in [3.8, 4) is 0 Å². The molecule has 0 spiro atoms. The summed E-state index contributed by atoms with van der Waals surface area (Å²) in [6.45, 7) is 1.09. The summed E-state index contributed by atoms with van der Waals surface area (Å²) in [5.41, 5.74) is 3.10.